The summed E-state index contributed by atoms with van der Waals surface area (Å²) in [6.45, 7) is 6.15. The highest BCUT2D eigenvalue weighted by atomic mass is 16.5. The lowest BCUT2D eigenvalue weighted by molar-refractivity contribution is 0.313. The van der Waals surface area contributed by atoms with Crippen LogP contribution in [0.5, 0.6) is 6.01 Å². The Labute approximate surface area is 92.3 Å². The number of hydrogen-bond donors (Lipinski definition) is 1. The fourth-order valence-electron chi connectivity index (χ4n) is 1.68. The summed E-state index contributed by atoms with van der Waals surface area (Å²) in [4.78, 5) is 18.4. The van der Waals surface area contributed by atoms with Gasteiger partial charge in [0, 0.05) is 5.56 Å². The Morgan fingerprint density at radius 2 is 2.19 bits per heavy atom. The lowest BCUT2D eigenvalue weighted by atomic mass is 10.2. The van der Waals surface area contributed by atoms with E-state index in [-0.39, 0.29) is 11.6 Å². The SMILES string of the molecule is CCOc1nc2[nH]c(=O)c(CC)c(C)n2n1. The molecule has 0 bridgehead atoms. The van der Waals surface area contributed by atoms with Gasteiger partial charge in [0.15, 0.2) is 0 Å². The quantitative estimate of drug-likeness (QED) is 0.829. The summed E-state index contributed by atoms with van der Waals surface area (Å²) in [6, 6.07) is 0.287. The predicted octanol–water partition coefficient (Wildman–Crippen LogP) is 0.687. The largest absolute Gasteiger partial charge is 0.463 e. The molecule has 0 aliphatic carbocycles. The van der Waals surface area contributed by atoms with Crippen LogP contribution >= 0.6 is 0 Å². The van der Waals surface area contributed by atoms with Gasteiger partial charge in [-0.3, -0.25) is 9.78 Å². The standard InChI is InChI=1S/C10H14N4O2/c1-4-7-6(3)14-9(11-8(7)15)12-10(13-14)16-5-2/h4-5H2,1-3H3,(H,11,12,13,15). The molecule has 0 fully saturated rings. The first-order valence-corrected chi connectivity index (χ1v) is 5.28. The first-order chi connectivity index (χ1) is 7.67. The molecule has 6 heteroatoms. The summed E-state index contributed by atoms with van der Waals surface area (Å²) in [7, 11) is 0. The Hall–Kier alpha value is -1.85. The van der Waals surface area contributed by atoms with Crippen molar-refractivity contribution in [1.29, 1.82) is 0 Å². The van der Waals surface area contributed by atoms with E-state index < -0.39 is 0 Å². The van der Waals surface area contributed by atoms with Crippen LogP contribution in [0.3, 0.4) is 0 Å². The average Bonchev–Trinajstić information content (AvgIpc) is 2.62. The van der Waals surface area contributed by atoms with E-state index in [9.17, 15) is 4.79 Å². The number of aryl methyl sites for hydroxylation is 1. The fraction of sp³-hybridized carbons (Fsp3) is 0.500. The summed E-state index contributed by atoms with van der Waals surface area (Å²) in [5.74, 6) is 0.420. The van der Waals surface area contributed by atoms with Crippen LogP contribution in [-0.4, -0.2) is 26.2 Å². The summed E-state index contributed by atoms with van der Waals surface area (Å²) in [5.41, 5.74) is 1.42. The van der Waals surface area contributed by atoms with Crippen molar-refractivity contribution in [2.45, 2.75) is 27.2 Å². The number of nitrogens with one attached hydrogen (secondary N) is 1. The minimum absolute atomic E-state index is 0.108. The molecule has 2 aromatic heterocycles. The number of fused-ring (bicyclic) bond motifs is 1. The smallest absolute Gasteiger partial charge is 0.337 e. The van der Waals surface area contributed by atoms with Crippen LogP contribution in [0.2, 0.25) is 0 Å². The van der Waals surface area contributed by atoms with Crippen LogP contribution < -0.4 is 10.3 Å². The number of rotatable bonds is 3. The monoisotopic (exact) mass is 222 g/mol. The van der Waals surface area contributed by atoms with Crippen LogP contribution in [-0.2, 0) is 6.42 Å². The molecule has 0 atom stereocenters. The van der Waals surface area contributed by atoms with Crippen LogP contribution in [0, 0.1) is 6.92 Å². The predicted molar refractivity (Wildman–Crippen MR) is 58.9 cm³/mol. The Balaban J connectivity index is 2.68. The first kappa shape index (κ1) is 10.7. The summed E-state index contributed by atoms with van der Waals surface area (Å²) in [6.07, 6.45) is 0.668. The molecule has 1 N–H and O–H groups in total. The summed E-state index contributed by atoms with van der Waals surface area (Å²) in [5, 5.41) is 4.16. The lowest BCUT2D eigenvalue weighted by Crippen LogP contribution is -2.17. The third-order valence-corrected chi connectivity index (χ3v) is 2.47. The molecule has 86 valence electrons. The van der Waals surface area contributed by atoms with Crippen molar-refractivity contribution in [3.05, 3.63) is 21.6 Å². The maximum atomic E-state index is 11.7. The number of aromatic nitrogens is 4. The second kappa shape index (κ2) is 3.96. The zero-order valence-electron chi connectivity index (χ0n) is 9.57. The molecular weight excluding hydrogens is 208 g/mol. The molecule has 0 aliphatic heterocycles. The number of aromatic amines is 1. The molecular formula is C10H14N4O2. The Morgan fingerprint density at radius 1 is 1.44 bits per heavy atom. The van der Waals surface area contributed by atoms with Crippen molar-refractivity contribution in [1.82, 2.24) is 19.6 Å². The minimum Gasteiger partial charge on any atom is -0.463 e. The number of H-pyrrole nitrogens is 1. The molecule has 0 radical (unpaired) electrons. The van der Waals surface area contributed by atoms with E-state index in [1.165, 1.54) is 0 Å². The second-order valence-electron chi connectivity index (χ2n) is 3.43. The molecule has 6 nitrogen and oxygen atoms in total. The second-order valence-corrected chi connectivity index (χ2v) is 3.43. The first-order valence-electron chi connectivity index (χ1n) is 5.28. The molecule has 0 saturated heterocycles. The van der Waals surface area contributed by atoms with E-state index in [0.717, 1.165) is 11.3 Å². The van der Waals surface area contributed by atoms with Crippen molar-refractivity contribution in [2.75, 3.05) is 6.61 Å². The van der Waals surface area contributed by atoms with Gasteiger partial charge in [-0.25, -0.2) is 0 Å². The van der Waals surface area contributed by atoms with E-state index >= 15 is 0 Å². The third-order valence-electron chi connectivity index (χ3n) is 2.47. The third kappa shape index (κ3) is 1.56. The van der Waals surface area contributed by atoms with Crippen molar-refractivity contribution in [3.8, 4) is 6.01 Å². The van der Waals surface area contributed by atoms with E-state index in [2.05, 4.69) is 15.1 Å². The number of ether oxygens (including phenoxy) is 1. The van der Waals surface area contributed by atoms with Gasteiger partial charge < -0.3 is 4.74 Å². The highest BCUT2D eigenvalue weighted by molar-refractivity contribution is 5.33. The zero-order chi connectivity index (χ0) is 11.7. The molecule has 2 rings (SSSR count). The minimum atomic E-state index is -0.108. The Bertz CT molecular complexity index is 570. The van der Waals surface area contributed by atoms with Gasteiger partial charge in [0.1, 0.15) is 0 Å². The van der Waals surface area contributed by atoms with Gasteiger partial charge in [-0.15, -0.1) is 5.10 Å². The molecule has 0 aliphatic rings. The maximum absolute atomic E-state index is 11.7. The van der Waals surface area contributed by atoms with Crippen molar-refractivity contribution in [2.24, 2.45) is 0 Å². The van der Waals surface area contributed by atoms with Crippen LogP contribution in [0.1, 0.15) is 25.1 Å². The van der Waals surface area contributed by atoms with Crippen LogP contribution in [0.15, 0.2) is 4.79 Å². The highest BCUT2D eigenvalue weighted by Crippen LogP contribution is 2.09. The number of hydrogen-bond acceptors (Lipinski definition) is 4. The van der Waals surface area contributed by atoms with Crippen LogP contribution in [0.25, 0.3) is 5.78 Å². The normalized spacial score (nSPS) is 10.9. The molecule has 16 heavy (non-hydrogen) atoms. The molecule has 0 saturated carbocycles. The molecule has 0 amide bonds. The topological polar surface area (TPSA) is 72.3 Å². The van der Waals surface area contributed by atoms with E-state index in [1.807, 2.05) is 20.8 Å². The van der Waals surface area contributed by atoms with Gasteiger partial charge in [-0.2, -0.15) is 9.50 Å². The molecule has 2 heterocycles. The summed E-state index contributed by atoms with van der Waals surface area (Å²) < 4.78 is 6.80. The van der Waals surface area contributed by atoms with Gasteiger partial charge in [-0.05, 0) is 20.3 Å². The molecule has 0 aromatic carbocycles. The van der Waals surface area contributed by atoms with Gasteiger partial charge in [0.05, 0.1) is 12.3 Å². The molecule has 2 aromatic rings. The van der Waals surface area contributed by atoms with E-state index in [0.29, 0.717) is 18.8 Å². The summed E-state index contributed by atoms with van der Waals surface area (Å²) >= 11 is 0. The fourth-order valence-corrected chi connectivity index (χ4v) is 1.68. The Morgan fingerprint density at radius 3 is 2.81 bits per heavy atom. The zero-order valence-corrected chi connectivity index (χ0v) is 9.57. The van der Waals surface area contributed by atoms with Gasteiger partial charge in [0.25, 0.3) is 5.56 Å². The van der Waals surface area contributed by atoms with Crippen molar-refractivity contribution in [3.63, 3.8) is 0 Å². The van der Waals surface area contributed by atoms with Gasteiger partial charge in [-0.1, -0.05) is 6.92 Å². The molecule has 0 unspecified atom stereocenters. The average molecular weight is 222 g/mol. The molecule has 0 spiro atoms. The Kier molecular flexibility index (Phi) is 2.64. The van der Waals surface area contributed by atoms with Gasteiger partial charge >= 0.3 is 6.01 Å². The number of nitrogens with zero attached hydrogens (tertiary/aromatic N) is 3. The van der Waals surface area contributed by atoms with E-state index in [1.54, 1.807) is 4.52 Å². The maximum Gasteiger partial charge on any atom is 0.337 e. The van der Waals surface area contributed by atoms with Crippen molar-refractivity contribution < 1.29 is 4.74 Å². The van der Waals surface area contributed by atoms with Crippen molar-refractivity contribution >= 4 is 5.78 Å². The van der Waals surface area contributed by atoms with Gasteiger partial charge in [0.2, 0.25) is 5.78 Å². The van der Waals surface area contributed by atoms with E-state index in [4.69, 9.17) is 4.74 Å². The van der Waals surface area contributed by atoms with Crippen LogP contribution in [0.4, 0.5) is 0 Å². The highest BCUT2D eigenvalue weighted by Gasteiger charge is 2.11. The lowest BCUT2D eigenvalue weighted by Gasteiger charge is -2.02.